The largest absolute Gasteiger partial charge is 0.392 e. The van der Waals surface area contributed by atoms with Crippen LogP contribution < -0.4 is 0 Å². The number of piperidine rings is 1. The smallest absolute Gasteiger partial charge is 0.245 e. The highest BCUT2D eigenvalue weighted by Gasteiger charge is 2.41. The van der Waals surface area contributed by atoms with Crippen LogP contribution in [0.15, 0.2) is 23.4 Å². The van der Waals surface area contributed by atoms with Gasteiger partial charge in [-0.15, -0.1) is 0 Å². The first kappa shape index (κ1) is 12.6. The van der Waals surface area contributed by atoms with Gasteiger partial charge in [0.15, 0.2) is 0 Å². The van der Waals surface area contributed by atoms with Crippen molar-refractivity contribution in [3.8, 4) is 0 Å². The van der Waals surface area contributed by atoms with E-state index in [1.54, 1.807) is 6.20 Å². The van der Waals surface area contributed by atoms with E-state index in [9.17, 15) is 13.5 Å². The summed E-state index contributed by atoms with van der Waals surface area (Å²) in [6.07, 6.45) is 3.79. The van der Waals surface area contributed by atoms with Crippen LogP contribution in [-0.2, 0) is 10.0 Å². The molecule has 1 fully saturated rings. The molecule has 2 rings (SSSR count). The molecule has 0 spiro atoms. The summed E-state index contributed by atoms with van der Waals surface area (Å²) in [7, 11) is -3.52. The number of aromatic amines is 1. The maximum atomic E-state index is 12.4. The molecule has 0 radical (unpaired) electrons. The van der Waals surface area contributed by atoms with Crippen molar-refractivity contribution < 1.29 is 13.5 Å². The standard InChI is InChI=1S/C11H18N2O3S/c1-11(2)5-3-9(14)8-13(11)17(15,16)10-4-6-12-7-10/h4,6-7,9,12,14H,3,5,8H2,1-2H3. The van der Waals surface area contributed by atoms with Crippen molar-refractivity contribution in [2.75, 3.05) is 6.54 Å². The number of hydrogen-bond acceptors (Lipinski definition) is 3. The molecule has 5 nitrogen and oxygen atoms in total. The molecule has 1 aromatic heterocycles. The molecule has 96 valence electrons. The molecule has 0 aliphatic carbocycles. The zero-order valence-corrected chi connectivity index (χ0v) is 10.9. The first-order valence-corrected chi connectivity index (χ1v) is 7.12. The van der Waals surface area contributed by atoms with E-state index >= 15 is 0 Å². The Bertz CT molecular complexity index is 479. The highest BCUT2D eigenvalue weighted by atomic mass is 32.2. The van der Waals surface area contributed by atoms with Crippen LogP contribution in [0.1, 0.15) is 26.7 Å². The third kappa shape index (κ3) is 2.25. The van der Waals surface area contributed by atoms with E-state index in [-0.39, 0.29) is 11.4 Å². The van der Waals surface area contributed by atoms with Crippen LogP contribution in [0.5, 0.6) is 0 Å². The Morgan fingerprint density at radius 1 is 1.53 bits per heavy atom. The molecule has 0 amide bonds. The lowest BCUT2D eigenvalue weighted by Gasteiger charge is -2.42. The number of aliphatic hydroxyl groups excluding tert-OH is 1. The maximum absolute atomic E-state index is 12.4. The number of nitrogens with one attached hydrogen (secondary N) is 1. The van der Waals surface area contributed by atoms with Gasteiger partial charge in [0.2, 0.25) is 10.0 Å². The first-order valence-electron chi connectivity index (χ1n) is 5.68. The molecular formula is C11H18N2O3S. The Morgan fingerprint density at radius 3 is 2.82 bits per heavy atom. The normalized spacial score (nSPS) is 25.9. The highest BCUT2D eigenvalue weighted by Crippen LogP contribution is 2.32. The molecule has 1 aliphatic rings. The molecular weight excluding hydrogens is 240 g/mol. The fourth-order valence-corrected chi connectivity index (χ4v) is 4.02. The van der Waals surface area contributed by atoms with Crippen LogP contribution in [0.3, 0.4) is 0 Å². The molecule has 1 aliphatic heterocycles. The van der Waals surface area contributed by atoms with E-state index in [4.69, 9.17) is 0 Å². The first-order chi connectivity index (χ1) is 7.84. The SMILES string of the molecule is CC1(C)CCC(O)CN1S(=O)(=O)c1cc[nH]c1. The number of aliphatic hydroxyl groups is 1. The monoisotopic (exact) mass is 258 g/mol. The fourth-order valence-electron chi connectivity index (χ4n) is 2.19. The second-order valence-corrected chi connectivity index (χ2v) is 6.95. The topological polar surface area (TPSA) is 73.4 Å². The lowest BCUT2D eigenvalue weighted by Crippen LogP contribution is -2.54. The number of nitrogens with zero attached hydrogens (tertiary/aromatic N) is 1. The zero-order chi connectivity index (χ0) is 12.7. The number of sulfonamides is 1. The van der Waals surface area contributed by atoms with Crippen molar-refractivity contribution >= 4 is 10.0 Å². The number of β-amino-alcohol motifs (C(OH)–C–C–N with tert-alkyl or cyclic N) is 1. The van der Waals surface area contributed by atoms with Crippen molar-refractivity contribution in [1.29, 1.82) is 0 Å². The predicted octanol–water partition coefficient (Wildman–Crippen LogP) is 0.939. The van der Waals surface area contributed by atoms with E-state index in [0.29, 0.717) is 12.8 Å². The second-order valence-electron chi connectivity index (χ2n) is 5.09. The van der Waals surface area contributed by atoms with E-state index in [1.165, 1.54) is 16.6 Å². The molecule has 2 heterocycles. The molecule has 2 N–H and O–H groups in total. The number of hydrogen-bond donors (Lipinski definition) is 2. The second kappa shape index (κ2) is 4.12. The van der Waals surface area contributed by atoms with Gasteiger partial charge < -0.3 is 10.1 Å². The Kier molecular flexibility index (Phi) is 3.05. The average Bonchev–Trinajstić information content (AvgIpc) is 2.75. The molecule has 0 saturated carbocycles. The van der Waals surface area contributed by atoms with Gasteiger partial charge in [-0.3, -0.25) is 0 Å². The summed E-state index contributed by atoms with van der Waals surface area (Å²) in [5.41, 5.74) is -0.449. The summed E-state index contributed by atoms with van der Waals surface area (Å²) in [4.78, 5) is 2.99. The summed E-state index contributed by atoms with van der Waals surface area (Å²) in [5.74, 6) is 0. The number of rotatable bonds is 2. The number of H-pyrrole nitrogens is 1. The Labute approximate surface area is 102 Å². The van der Waals surface area contributed by atoms with Crippen LogP contribution in [0.4, 0.5) is 0 Å². The third-order valence-corrected chi connectivity index (χ3v) is 5.37. The third-order valence-electron chi connectivity index (χ3n) is 3.30. The molecule has 1 atom stereocenters. The van der Waals surface area contributed by atoms with Crippen LogP contribution >= 0.6 is 0 Å². The maximum Gasteiger partial charge on any atom is 0.245 e. The van der Waals surface area contributed by atoms with Gasteiger partial charge in [-0.2, -0.15) is 4.31 Å². The zero-order valence-electron chi connectivity index (χ0n) is 10.0. The van der Waals surface area contributed by atoms with Crippen LogP contribution in [0.25, 0.3) is 0 Å². The van der Waals surface area contributed by atoms with Gasteiger partial charge in [0.1, 0.15) is 0 Å². The Morgan fingerprint density at radius 2 is 2.24 bits per heavy atom. The van der Waals surface area contributed by atoms with Crippen molar-refractivity contribution in [3.05, 3.63) is 18.5 Å². The lowest BCUT2D eigenvalue weighted by atomic mass is 9.92. The average molecular weight is 258 g/mol. The van der Waals surface area contributed by atoms with Gasteiger partial charge in [-0.1, -0.05) is 0 Å². The minimum atomic E-state index is -3.52. The van der Waals surface area contributed by atoms with E-state index < -0.39 is 21.7 Å². The summed E-state index contributed by atoms with van der Waals surface area (Å²) in [6, 6.07) is 1.53. The van der Waals surface area contributed by atoms with Crippen molar-refractivity contribution in [2.45, 2.75) is 43.2 Å². The lowest BCUT2D eigenvalue weighted by molar-refractivity contribution is 0.0480. The summed E-state index contributed by atoms with van der Waals surface area (Å²) >= 11 is 0. The highest BCUT2D eigenvalue weighted by molar-refractivity contribution is 7.89. The van der Waals surface area contributed by atoms with E-state index in [2.05, 4.69) is 4.98 Å². The Balaban J connectivity index is 2.38. The van der Waals surface area contributed by atoms with Gasteiger partial charge >= 0.3 is 0 Å². The molecule has 0 aromatic carbocycles. The summed E-state index contributed by atoms with van der Waals surface area (Å²) in [5, 5.41) is 9.66. The van der Waals surface area contributed by atoms with Crippen molar-refractivity contribution in [1.82, 2.24) is 9.29 Å². The number of aromatic nitrogens is 1. The van der Waals surface area contributed by atoms with Gasteiger partial charge in [-0.05, 0) is 32.8 Å². The quantitative estimate of drug-likeness (QED) is 0.829. The van der Waals surface area contributed by atoms with Gasteiger partial charge in [-0.25, -0.2) is 8.42 Å². The molecule has 1 aromatic rings. The molecule has 1 unspecified atom stereocenters. The van der Waals surface area contributed by atoms with Crippen molar-refractivity contribution in [3.63, 3.8) is 0 Å². The van der Waals surface area contributed by atoms with Gasteiger partial charge in [0.25, 0.3) is 0 Å². The van der Waals surface area contributed by atoms with Gasteiger partial charge in [0, 0.05) is 24.5 Å². The molecule has 6 heteroatoms. The summed E-state index contributed by atoms with van der Waals surface area (Å²) < 4.78 is 26.2. The Hall–Kier alpha value is -0.850. The van der Waals surface area contributed by atoms with E-state index in [1.807, 2.05) is 13.8 Å². The van der Waals surface area contributed by atoms with Crippen LogP contribution in [-0.4, -0.2) is 41.0 Å². The van der Waals surface area contributed by atoms with Crippen LogP contribution in [0.2, 0.25) is 0 Å². The minimum absolute atomic E-state index is 0.167. The molecule has 17 heavy (non-hydrogen) atoms. The van der Waals surface area contributed by atoms with Gasteiger partial charge in [0.05, 0.1) is 11.0 Å². The van der Waals surface area contributed by atoms with Crippen LogP contribution in [0, 0.1) is 0 Å². The molecule has 1 saturated heterocycles. The summed E-state index contributed by atoms with van der Waals surface area (Å²) in [6.45, 7) is 3.95. The molecule has 0 bridgehead atoms. The minimum Gasteiger partial charge on any atom is -0.392 e. The predicted molar refractivity (Wildman–Crippen MR) is 64.0 cm³/mol. The van der Waals surface area contributed by atoms with E-state index in [0.717, 1.165) is 0 Å². The fraction of sp³-hybridized carbons (Fsp3) is 0.636. The van der Waals surface area contributed by atoms with Crippen molar-refractivity contribution in [2.24, 2.45) is 0 Å².